The lowest BCUT2D eigenvalue weighted by Crippen LogP contribution is -2.41. The normalized spacial score (nSPS) is 22.1. The summed E-state index contributed by atoms with van der Waals surface area (Å²) in [5, 5.41) is 10.9. The van der Waals surface area contributed by atoms with Crippen molar-refractivity contribution in [2.75, 3.05) is 24.5 Å². The van der Waals surface area contributed by atoms with Gasteiger partial charge in [0.05, 0.1) is 12.0 Å². The molecule has 1 aromatic rings. The van der Waals surface area contributed by atoms with E-state index < -0.39 is 12.1 Å². The molecule has 1 aliphatic rings. The van der Waals surface area contributed by atoms with Crippen LogP contribution in [0.3, 0.4) is 0 Å². The number of halogens is 3. The SMILES string of the molecule is CCNC(C)c1nnc(N2CCCC(C(F)(F)F)C2)o1. The Labute approximate surface area is 115 Å². The molecule has 0 aliphatic carbocycles. The van der Waals surface area contributed by atoms with Gasteiger partial charge in [-0.05, 0) is 26.3 Å². The summed E-state index contributed by atoms with van der Waals surface area (Å²) in [5.74, 6) is -0.922. The molecule has 1 aromatic heterocycles. The van der Waals surface area contributed by atoms with Crippen LogP contribution in [0.4, 0.5) is 19.2 Å². The minimum Gasteiger partial charge on any atom is -0.406 e. The monoisotopic (exact) mass is 292 g/mol. The first-order valence-corrected chi connectivity index (χ1v) is 6.80. The van der Waals surface area contributed by atoms with Crippen LogP contribution in [0.1, 0.15) is 38.6 Å². The van der Waals surface area contributed by atoms with Gasteiger partial charge in [-0.25, -0.2) is 0 Å². The summed E-state index contributed by atoms with van der Waals surface area (Å²) in [6.07, 6.45) is -3.53. The Kier molecular flexibility index (Phi) is 4.52. The van der Waals surface area contributed by atoms with Gasteiger partial charge in [0.25, 0.3) is 0 Å². The van der Waals surface area contributed by atoms with E-state index in [0.29, 0.717) is 18.9 Å². The third-order valence-electron chi connectivity index (χ3n) is 3.47. The Morgan fingerprint density at radius 3 is 2.85 bits per heavy atom. The zero-order valence-corrected chi connectivity index (χ0v) is 11.6. The van der Waals surface area contributed by atoms with Gasteiger partial charge in [-0.2, -0.15) is 13.2 Å². The van der Waals surface area contributed by atoms with Gasteiger partial charge in [-0.1, -0.05) is 12.0 Å². The third kappa shape index (κ3) is 3.41. The van der Waals surface area contributed by atoms with Crippen LogP contribution in [0.25, 0.3) is 0 Å². The van der Waals surface area contributed by atoms with Gasteiger partial charge >= 0.3 is 12.2 Å². The maximum absolute atomic E-state index is 12.8. The quantitative estimate of drug-likeness (QED) is 0.924. The van der Waals surface area contributed by atoms with Gasteiger partial charge in [0, 0.05) is 13.1 Å². The molecule has 2 unspecified atom stereocenters. The number of nitrogens with one attached hydrogen (secondary N) is 1. The molecule has 2 atom stereocenters. The smallest absolute Gasteiger partial charge is 0.393 e. The molecular weight excluding hydrogens is 273 g/mol. The van der Waals surface area contributed by atoms with Crippen molar-refractivity contribution in [3.05, 3.63) is 5.89 Å². The molecule has 0 saturated carbocycles. The summed E-state index contributed by atoms with van der Waals surface area (Å²) in [5.41, 5.74) is 0. The Morgan fingerprint density at radius 1 is 1.45 bits per heavy atom. The highest BCUT2D eigenvalue weighted by atomic mass is 19.4. The maximum atomic E-state index is 12.8. The maximum Gasteiger partial charge on any atom is 0.393 e. The number of hydrogen-bond acceptors (Lipinski definition) is 5. The molecule has 1 fully saturated rings. The van der Waals surface area contributed by atoms with Crippen molar-refractivity contribution in [1.82, 2.24) is 15.5 Å². The number of nitrogens with zero attached hydrogens (tertiary/aromatic N) is 3. The lowest BCUT2D eigenvalue weighted by atomic mass is 9.98. The largest absolute Gasteiger partial charge is 0.406 e. The molecule has 0 radical (unpaired) electrons. The summed E-state index contributed by atoms with van der Waals surface area (Å²) in [7, 11) is 0. The van der Waals surface area contributed by atoms with Crippen LogP contribution in [0.5, 0.6) is 0 Å². The fraction of sp³-hybridized carbons (Fsp3) is 0.833. The van der Waals surface area contributed by atoms with E-state index in [1.807, 2.05) is 13.8 Å². The standard InChI is InChI=1S/C12H19F3N4O/c1-3-16-8(2)10-17-18-11(20-10)19-6-4-5-9(7-19)12(13,14)15/h8-9,16H,3-7H2,1-2H3. The summed E-state index contributed by atoms with van der Waals surface area (Å²) in [6.45, 7) is 4.98. The Balaban J connectivity index is 2.04. The average Bonchev–Trinajstić information content (AvgIpc) is 2.88. The molecule has 0 amide bonds. The number of anilines is 1. The second-order valence-corrected chi connectivity index (χ2v) is 5.03. The van der Waals surface area contributed by atoms with Crippen molar-refractivity contribution in [3.8, 4) is 0 Å². The van der Waals surface area contributed by atoms with Crippen LogP contribution >= 0.6 is 0 Å². The first-order chi connectivity index (χ1) is 9.41. The second kappa shape index (κ2) is 5.99. The summed E-state index contributed by atoms with van der Waals surface area (Å²) in [4.78, 5) is 1.52. The zero-order chi connectivity index (χ0) is 14.8. The summed E-state index contributed by atoms with van der Waals surface area (Å²) >= 11 is 0. The molecule has 8 heteroatoms. The Hall–Kier alpha value is -1.31. The molecule has 2 rings (SSSR count). The third-order valence-corrected chi connectivity index (χ3v) is 3.47. The van der Waals surface area contributed by atoms with Gasteiger partial charge < -0.3 is 14.6 Å². The van der Waals surface area contributed by atoms with Crippen molar-refractivity contribution in [2.45, 2.75) is 38.9 Å². The molecule has 2 heterocycles. The average molecular weight is 292 g/mol. The van der Waals surface area contributed by atoms with Crippen LogP contribution in [-0.4, -0.2) is 36.0 Å². The van der Waals surface area contributed by atoms with Gasteiger partial charge in [-0.3, -0.25) is 0 Å². The zero-order valence-electron chi connectivity index (χ0n) is 11.6. The first kappa shape index (κ1) is 15.1. The Bertz CT molecular complexity index is 435. The second-order valence-electron chi connectivity index (χ2n) is 5.03. The highest BCUT2D eigenvalue weighted by Gasteiger charge is 2.42. The van der Waals surface area contributed by atoms with Crippen LogP contribution in [0.15, 0.2) is 4.42 Å². The van der Waals surface area contributed by atoms with E-state index in [-0.39, 0.29) is 25.0 Å². The summed E-state index contributed by atoms with van der Waals surface area (Å²) in [6, 6.07) is 0.0724. The highest BCUT2D eigenvalue weighted by molar-refractivity contribution is 5.25. The molecule has 20 heavy (non-hydrogen) atoms. The van der Waals surface area contributed by atoms with Crippen molar-refractivity contribution >= 4 is 6.01 Å². The number of alkyl halides is 3. The van der Waals surface area contributed by atoms with E-state index in [1.165, 1.54) is 4.90 Å². The molecule has 1 saturated heterocycles. The minimum absolute atomic E-state index is 0.107. The predicted octanol–water partition coefficient (Wildman–Crippen LogP) is 2.52. The fourth-order valence-corrected chi connectivity index (χ4v) is 2.34. The van der Waals surface area contributed by atoms with E-state index in [0.717, 1.165) is 6.54 Å². The molecule has 0 bridgehead atoms. The van der Waals surface area contributed by atoms with Crippen LogP contribution in [-0.2, 0) is 0 Å². The first-order valence-electron chi connectivity index (χ1n) is 6.80. The lowest BCUT2D eigenvalue weighted by molar-refractivity contribution is -0.176. The lowest BCUT2D eigenvalue weighted by Gasteiger charge is -2.32. The van der Waals surface area contributed by atoms with Gasteiger partial charge in [-0.15, -0.1) is 5.10 Å². The van der Waals surface area contributed by atoms with Gasteiger partial charge in [0.1, 0.15) is 0 Å². The van der Waals surface area contributed by atoms with Crippen molar-refractivity contribution in [1.29, 1.82) is 0 Å². The molecule has 114 valence electrons. The van der Waals surface area contributed by atoms with Gasteiger partial charge in [0.2, 0.25) is 5.89 Å². The van der Waals surface area contributed by atoms with E-state index in [1.54, 1.807) is 0 Å². The van der Waals surface area contributed by atoms with Gasteiger partial charge in [0.15, 0.2) is 0 Å². The topological polar surface area (TPSA) is 54.2 Å². The number of aromatic nitrogens is 2. The molecular formula is C12H19F3N4O. The number of hydrogen-bond donors (Lipinski definition) is 1. The molecule has 0 aromatic carbocycles. The fourth-order valence-electron chi connectivity index (χ4n) is 2.34. The molecule has 1 N–H and O–H groups in total. The molecule has 1 aliphatic heterocycles. The molecule has 0 spiro atoms. The predicted molar refractivity (Wildman–Crippen MR) is 67.4 cm³/mol. The van der Waals surface area contributed by atoms with Crippen LogP contribution in [0, 0.1) is 5.92 Å². The number of piperidine rings is 1. The van der Waals surface area contributed by atoms with E-state index >= 15 is 0 Å². The minimum atomic E-state index is -4.17. The van der Waals surface area contributed by atoms with Crippen molar-refractivity contribution in [2.24, 2.45) is 5.92 Å². The van der Waals surface area contributed by atoms with Crippen LogP contribution in [0.2, 0.25) is 0 Å². The van der Waals surface area contributed by atoms with E-state index in [2.05, 4.69) is 15.5 Å². The molecule has 5 nitrogen and oxygen atoms in total. The Morgan fingerprint density at radius 2 is 2.20 bits per heavy atom. The van der Waals surface area contributed by atoms with E-state index in [4.69, 9.17) is 4.42 Å². The van der Waals surface area contributed by atoms with Crippen molar-refractivity contribution < 1.29 is 17.6 Å². The summed E-state index contributed by atoms with van der Waals surface area (Å²) < 4.78 is 43.8. The van der Waals surface area contributed by atoms with Crippen LogP contribution < -0.4 is 10.2 Å². The van der Waals surface area contributed by atoms with Crippen molar-refractivity contribution in [3.63, 3.8) is 0 Å². The highest BCUT2D eigenvalue weighted by Crippen LogP contribution is 2.34. The number of rotatable bonds is 4. The van der Waals surface area contributed by atoms with E-state index in [9.17, 15) is 13.2 Å².